The quantitative estimate of drug-likeness (QED) is 0.566. The lowest BCUT2D eigenvalue weighted by molar-refractivity contribution is -0.126. The molecule has 0 spiro atoms. The zero-order chi connectivity index (χ0) is 19.2. The predicted molar refractivity (Wildman–Crippen MR) is 110 cm³/mol. The Hall–Kier alpha value is -2.32. The summed E-state index contributed by atoms with van der Waals surface area (Å²) in [6.07, 6.45) is 3.58. The summed E-state index contributed by atoms with van der Waals surface area (Å²) in [6, 6.07) is 6.91. The van der Waals surface area contributed by atoms with Gasteiger partial charge in [-0.15, -0.1) is 12.4 Å². The summed E-state index contributed by atoms with van der Waals surface area (Å²) in [5.74, 6) is -0.387. The summed E-state index contributed by atoms with van der Waals surface area (Å²) in [6.45, 7) is 1.86. The van der Waals surface area contributed by atoms with Gasteiger partial charge < -0.3 is 26.6 Å². The van der Waals surface area contributed by atoms with Gasteiger partial charge in [0.2, 0.25) is 5.91 Å². The van der Waals surface area contributed by atoms with E-state index >= 15 is 0 Å². The van der Waals surface area contributed by atoms with Crippen molar-refractivity contribution in [3.8, 4) is 0 Å². The Bertz CT molecular complexity index is 711. The number of urea groups is 1. The Morgan fingerprint density at radius 3 is 2.68 bits per heavy atom. The second kappa shape index (κ2) is 10.3. The standard InChI is InChI=1S/C19H27N5O3.ClH/c20-8-9-21-17(25)14-4-2-10-24(12-14)18(26)13-3-1-5-16(11-13)23-19(27)22-15-6-7-15;/h1,3,5,11,14-15H,2,4,6-10,12,20H2,(H,21,25)(H2,22,23,27);1H. The SMILES string of the molecule is Cl.NCCNC(=O)C1CCCN(C(=O)c2cccc(NC(=O)NC3CC3)c2)C1. The Morgan fingerprint density at radius 2 is 1.96 bits per heavy atom. The van der Waals surface area contributed by atoms with Crippen molar-refractivity contribution in [3.63, 3.8) is 0 Å². The minimum absolute atomic E-state index is 0. The number of piperidine rings is 1. The fourth-order valence-electron chi connectivity index (χ4n) is 3.21. The highest BCUT2D eigenvalue weighted by molar-refractivity contribution is 5.97. The third-order valence-electron chi connectivity index (χ3n) is 4.80. The van der Waals surface area contributed by atoms with Crippen molar-refractivity contribution in [2.45, 2.75) is 31.7 Å². The molecule has 0 aromatic heterocycles. The molecule has 2 aliphatic rings. The first-order chi connectivity index (χ1) is 13.1. The highest BCUT2D eigenvalue weighted by atomic mass is 35.5. The fraction of sp³-hybridized carbons (Fsp3) is 0.526. The number of hydrogen-bond acceptors (Lipinski definition) is 4. The van der Waals surface area contributed by atoms with Gasteiger partial charge in [-0.1, -0.05) is 6.07 Å². The number of hydrogen-bond donors (Lipinski definition) is 4. The lowest BCUT2D eigenvalue weighted by Gasteiger charge is -2.32. The molecular weight excluding hydrogens is 382 g/mol. The van der Waals surface area contributed by atoms with E-state index in [0.717, 1.165) is 25.7 Å². The van der Waals surface area contributed by atoms with E-state index in [0.29, 0.717) is 37.4 Å². The van der Waals surface area contributed by atoms with Gasteiger partial charge in [-0.05, 0) is 43.9 Å². The summed E-state index contributed by atoms with van der Waals surface area (Å²) < 4.78 is 0. The number of anilines is 1. The van der Waals surface area contributed by atoms with Gasteiger partial charge in [0.25, 0.3) is 5.91 Å². The molecule has 3 rings (SSSR count). The van der Waals surface area contributed by atoms with Crippen molar-refractivity contribution >= 4 is 35.9 Å². The van der Waals surface area contributed by atoms with Crippen LogP contribution in [0.3, 0.4) is 0 Å². The van der Waals surface area contributed by atoms with Crippen molar-refractivity contribution in [2.24, 2.45) is 11.7 Å². The van der Waals surface area contributed by atoms with Crippen molar-refractivity contribution in [1.82, 2.24) is 15.5 Å². The number of carbonyl (C=O) groups excluding carboxylic acids is 3. The smallest absolute Gasteiger partial charge is 0.319 e. The number of nitrogens with zero attached hydrogens (tertiary/aromatic N) is 1. The topological polar surface area (TPSA) is 117 Å². The molecule has 1 unspecified atom stereocenters. The van der Waals surface area contributed by atoms with Crippen LogP contribution in [0.4, 0.5) is 10.5 Å². The van der Waals surface area contributed by atoms with Crippen LogP contribution >= 0.6 is 12.4 Å². The zero-order valence-electron chi connectivity index (χ0n) is 15.8. The Kier molecular flexibility index (Phi) is 8.07. The molecule has 5 N–H and O–H groups in total. The second-order valence-corrected chi connectivity index (χ2v) is 7.12. The highest BCUT2D eigenvalue weighted by Gasteiger charge is 2.29. The van der Waals surface area contributed by atoms with Gasteiger partial charge in [-0.3, -0.25) is 9.59 Å². The van der Waals surface area contributed by atoms with Crippen molar-refractivity contribution in [1.29, 1.82) is 0 Å². The van der Waals surface area contributed by atoms with Gasteiger partial charge >= 0.3 is 6.03 Å². The van der Waals surface area contributed by atoms with E-state index in [4.69, 9.17) is 5.73 Å². The normalized spacial score (nSPS) is 18.6. The van der Waals surface area contributed by atoms with E-state index in [1.165, 1.54) is 0 Å². The molecule has 154 valence electrons. The minimum Gasteiger partial charge on any atom is -0.355 e. The second-order valence-electron chi connectivity index (χ2n) is 7.12. The van der Waals surface area contributed by atoms with Gasteiger partial charge in [0.05, 0.1) is 5.92 Å². The number of rotatable bonds is 6. The lowest BCUT2D eigenvalue weighted by atomic mass is 9.96. The molecule has 0 radical (unpaired) electrons. The first kappa shape index (κ1) is 22.0. The van der Waals surface area contributed by atoms with Crippen LogP contribution in [0.5, 0.6) is 0 Å². The summed E-state index contributed by atoms with van der Waals surface area (Å²) in [5, 5.41) is 8.41. The van der Waals surface area contributed by atoms with Crippen LogP contribution < -0.4 is 21.7 Å². The molecule has 28 heavy (non-hydrogen) atoms. The van der Waals surface area contributed by atoms with Crippen LogP contribution in [0, 0.1) is 5.92 Å². The van der Waals surface area contributed by atoms with Crippen LogP contribution in [0.2, 0.25) is 0 Å². The fourth-order valence-corrected chi connectivity index (χ4v) is 3.21. The number of halogens is 1. The lowest BCUT2D eigenvalue weighted by Crippen LogP contribution is -2.46. The number of nitrogens with two attached hydrogens (primary N) is 1. The van der Waals surface area contributed by atoms with Crippen LogP contribution in [-0.2, 0) is 4.79 Å². The predicted octanol–water partition coefficient (Wildman–Crippen LogP) is 1.32. The van der Waals surface area contributed by atoms with E-state index < -0.39 is 0 Å². The van der Waals surface area contributed by atoms with Crippen molar-refractivity contribution < 1.29 is 14.4 Å². The maximum absolute atomic E-state index is 12.9. The van der Waals surface area contributed by atoms with E-state index in [-0.39, 0.29) is 42.2 Å². The Morgan fingerprint density at radius 1 is 1.18 bits per heavy atom. The maximum atomic E-state index is 12.9. The molecule has 4 amide bonds. The molecule has 9 heteroatoms. The molecule has 1 heterocycles. The minimum atomic E-state index is -0.253. The molecule has 1 aromatic rings. The largest absolute Gasteiger partial charge is 0.355 e. The molecule has 2 fully saturated rings. The van der Waals surface area contributed by atoms with Gasteiger partial charge in [0.15, 0.2) is 0 Å². The molecule has 1 saturated heterocycles. The first-order valence-corrected chi connectivity index (χ1v) is 9.51. The molecular formula is C19H28ClN5O3. The van der Waals surface area contributed by atoms with E-state index in [1.807, 2.05) is 0 Å². The van der Waals surface area contributed by atoms with E-state index in [2.05, 4.69) is 16.0 Å². The maximum Gasteiger partial charge on any atom is 0.319 e. The van der Waals surface area contributed by atoms with Gasteiger partial charge in [-0.2, -0.15) is 0 Å². The van der Waals surface area contributed by atoms with Crippen LogP contribution in [-0.4, -0.2) is 55.0 Å². The number of benzene rings is 1. The van der Waals surface area contributed by atoms with Crippen LogP contribution in [0.15, 0.2) is 24.3 Å². The van der Waals surface area contributed by atoms with Gasteiger partial charge in [-0.25, -0.2) is 4.79 Å². The molecule has 1 aromatic carbocycles. The molecule has 1 atom stereocenters. The third kappa shape index (κ3) is 6.10. The number of carbonyl (C=O) groups is 3. The average molecular weight is 410 g/mol. The van der Waals surface area contributed by atoms with Gasteiger partial charge in [0.1, 0.15) is 0 Å². The molecule has 1 saturated carbocycles. The number of likely N-dealkylation sites (tertiary alicyclic amines) is 1. The van der Waals surface area contributed by atoms with Crippen molar-refractivity contribution in [3.05, 3.63) is 29.8 Å². The number of nitrogens with one attached hydrogen (secondary N) is 3. The summed E-state index contributed by atoms with van der Waals surface area (Å²) in [4.78, 5) is 38.6. The highest BCUT2D eigenvalue weighted by Crippen LogP contribution is 2.21. The average Bonchev–Trinajstić information content (AvgIpc) is 3.49. The first-order valence-electron chi connectivity index (χ1n) is 9.51. The molecule has 8 nitrogen and oxygen atoms in total. The summed E-state index contributed by atoms with van der Waals surface area (Å²) in [5.41, 5.74) is 6.50. The molecule has 0 bridgehead atoms. The summed E-state index contributed by atoms with van der Waals surface area (Å²) >= 11 is 0. The van der Waals surface area contributed by atoms with Crippen molar-refractivity contribution in [2.75, 3.05) is 31.5 Å². The summed E-state index contributed by atoms with van der Waals surface area (Å²) in [7, 11) is 0. The molecule has 1 aliphatic heterocycles. The third-order valence-corrected chi connectivity index (χ3v) is 4.80. The van der Waals surface area contributed by atoms with Gasteiger partial charge in [0, 0.05) is 43.5 Å². The Balaban J connectivity index is 0.00000280. The zero-order valence-corrected chi connectivity index (χ0v) is 16.6. The monoisotopic (exact) mass is 409 g/mol. The van der Waals surface area contributed by atoms with Crippen LogP contribution in [0.25, 0.3) is 0 Å². The van der Waals surface area contributed by atoms with Crippen LogP contribution in [0.1, 0.15) is 36.0 Å². The van der Waals surface area contributed by atoms with E-state index in [1.54, 1.807) is 29.2 Å². The Labute approximate surface area is 171 Å². The number of amides is 4. The van der Waals surface area contributed by atoms with E-state index in [9.17, 15) is 14.4 Å². The molecule has 1 aliphatic carbocycles.